The number of hydrogen-bond donors (Lipinski definition) is 2. The van der Waals surface area contributed by atoms with Crippen LogP contribution in [0, 0.1) is 5.92 Å². The lowest BCUT2D eigenvalue weighted by Gasteiger charge is -2.09. The predicted molar refractivity (Wildman–Crippen MR) is 99.8 cm³/mol. The number of fused-ring (bicyclic) bond motifs is 1. The van der Waals surface area contributed by atoms with E-state index in [4.69, 9.17) is 9.47 Å². The van der Waals surface area contributed by atoms with Gasteiger partial charge in [0.05, 0.1) is 11.1 Å². The molecule has 2 heterocycles. The molecule has 1 aliphatic rings. The van der Waals surface area contributed by atoms with Crippen LogP contribution >= 0.6 is 0 Å². The van der Waals surface area contributed by atoms with Gasteiger partial charge < -0.3 is 20.1 Å². The first-order chi connectivity index (χ1) is 13.0. The number of carbonyl (C=O) groups is 2. The summed E-state index contributed by atoms with van der Waals surface area (Å²) in [6.45, 7) is 5.33. The van der Waals surface area contributed by atoms with Crippen LogP contribution in [-0.4, -0.2) is 30.1 Å². The molecule has 0 spiro atoms. The van der Waals surface area contributed by atoms with Crippen LogP contribution in [0.25, 0.3) is 0 Å². The summed E-state index contributed by atoms with van der Waals surface area (Å²) in [5, 5.41) is 5.67. The van der Waals surface area contributed by atoms with Crippen molar-refractivity contribution < 1.29 is 19.1 Å². The van der Waals surface area contributed by atoms with Crippen molar-refractivity contribution in [3.05, 3.63) is 53.3 Å². The third kappa shape index (κ3) is 4.97. The Morgan fingerprint density at radius 2 is 1.74 bits per heavy atom. The molecule has 27 heavy (non-hydrogen) atoms. The normalized spacial score (nSPS) is 12.1. The molecule has 7 nitrogen and oxygen atoms in total. The van der Waals surface area contributed by atoms with Gasteiger partial charge in [0.1, 0.15) is 0 Å². The van der Waals surface area contributed by atoms with E-state index in [1.54, 1.807) is 6.07 Å². The first kappa shape index (κ1) is 18.7. The van der Waals surface area contributed by atoms with E-state index in [1.807, 2.05) is 18.2 Å². The molecule has 1 aromatic carbocycles. The van der Waals surface area contributed by atoms with Crippen LogP contribution in [0.15, 0.2) is 36.7 Å². The van der Waals surface area contributed by atoms with Gasteiger partial charge in [-0.05, 0) is 36.1 Å². The number of aromatic nitrogens is 1. The van der Waals surface area contributed by atoms with Crippen LogP contribution in [0.5, 0.6) is 11.5 Å². The van der Waals surface area contributed by atoms with E-state index in [1.165, 1.54) is 12.4 Å². The summed E-state index contributed by atoms with van der Waals surface area (Å²) >= 11 is 0. The van der Waals surface area contributed by atoms with Crippen molar-refractivity contribution in [3.63, 3.8) is 0 Å². The molecular weight excluding hydrogens is 346 g/mol. The van der Waals surface area contributed by atoms with Gasteiger partial charge in [0, 0.05) is 25.5 Å². The molecule has 2 aromatic rings. The van der Waals surface area contributed by atoms with Crippen LogP contribution in [0.2, 0.25) is 0 Å². The Kier molecular flexibility index (Phi) is 5.90. The number of carbonyl (C=O) groups excluding carboxylic acids is 2. The fraction of sp³-hybridized carbons (Fsp3) is 0.350. The van der Waals surface area contributed by atoms with Crippen molar-refractivity contribution in [3.8, 4) is 11.5 Å². The minimum absolute atomic E-state index is 0.211. The Balaban J connectivity index is 1.57. The Morgan fingerprint density at radius 1 is 1.04 bits per heavy atom. The Bertz CT molecular complexity index is 836. The highest BCUT2D eigenvalue weighted by atomic mass is 16.7. The van der Waals surface area contributed by atoms with Gasteiger partial charge in [-0.3, -0.25) is 14.6 Å². The number of nitrogens with one attached hydrogen (secondary N) is 2. The highest BCUT2D eigenvalue weighted by Gasteiger charge is 2.14. The SMILES string of the molecule is CC(C)CCNC(=O)c1cncc(C(=O)NCc2ccc3c(c2)OCO3)c1. The molecular formula is C20H23N3O4. The molecule has 0 saturated heterocycles. The highest BCUT2D eigenvalue weighted by Crippen LogP contribution is 2.32. The summed E-state index contributed by atoms with van der Waals surface area (Å²) in [7, 11) is 0. The van der Waals surface area contributed by atoms with E-state index in [0.29, 0.717) is 41.6 Å². The quantitative estimate of drug-likeness (QED) is 0.783. The lowest BCUT2D eigenvalue weighted by atomic mass is 10.1. The lowest BCUT2D eigenvalue weighted by Crippen LogP contribution is -2.27. The zero-order valence-electron chi connectivity index (χ0n) is 15.5. The topological polar surface area (TPSA) is 89.6 Å². The minimum atomic E-state index is -0.294. The molecule has 1 aliphatic heterocycles. The second-order valence-corrected chi connectivity index (χ2v) is 6.77. The first-order valence-electron chi connectivity index (χ1n) is 8.93. The number of amides is 2. The molecule has 0 fully saturated rings. The largest absolute Gasteiger partial charge is 0.454 e. The molecule has 0 saturated carbocycles. The molecule has 2 amide bonds. The number of rotatable bonds is 7. The van der Waals surface area contributed by atoms with Gasteiger partial charge >= 0.3 is 0 Å². The van der Waals surface area contributed by atoms with Gasteiger partial charge in [-0.1, -0.05) is 19.9 Å². The molecule has 2 N–H and O–H groups in total. The second kappa shape index (κ2) is 8.53. The molecule has 0 aliphatic carbocycles. The third-order valence-corrected chi connectivity index (χ3v) is 4.16. The summed E-state index contributed by atoms with van der Waals surface area (Å²) in [5.74, 6) is 1.36. The van der Waals surface area contributed by atoms with Gasteiger partial charge in [0.2, 0.25) is 6.79 Å². The Hall–Kier alpha value is -3.09. The lowest BCUT2D eigenvalue weighted by molar-refractivity contribution is 0.0950. The number of benzene rings is 1. The van der Waals surface area contributed by atoms with Crippen LogP contribution in [0.1, 0.15) is 46.5 Å². The van der Waals surface area contributed by atoms with Crippen molar-refractivity contribution in [2.45, 2.75) is 26.8 Å². The zero-order chi connectivity index (χ0) is 19.2. The first-order valence-corrected chi connectivity index (χ1v) is 8.93. The minimum Gasteiger partial charge on any atom is -0.454 e. The maximum absolute atomic E-state index is 12.4. The summed E-state index contributed by atoms with van der Waals surface area (Å²) in [5.41, 5.74) is 1.60. The summed E-state index contributed by atoms with van der Waals surface area (Å²) < 4.78 is 10.6. The molecule has 3 rings (SSSR count). The van der Waals surface area contributed by atoms with Gasteiger partial charge in [-0.2, -0.15) is 0 Å². The van der Waals surface area contributed by atoms with E-state index < -0.39 is 0 Å². The van der Waals surface area contributed by atoms with E-state index in [-0.39, 0.29) is 18.6 Å². The van der Waals surface area contributed by atoms with Crippen molar-refractivity contribution in [1.29, 1.82) is 0 Å². The van der Waals surface area contributed by atoms with Gasteiger partial charge in [-0.15, -0.1) is 0 Å². The molecule has 7 heteroatoms. The van der Waals surface area contributed by atoms with Crippen molar-refractivity contribution >= 4 is 11.8 Å². The fourth-order valence-electron chi connectivity index (χ4n) is 2.60. The monoisotopic (exact) mass is 369 g/mol. The average Bonchev–Trinajstić information content (AvgIpc) is 3.13. The van der Waals surface area contributed by atoms with Crippen LogP contribution in [-0.2, 0) is 6.54 Å². The Labute approximate surface area is 158 Å². The molecule has 1 aromatic heterocycles. The van der Waals surface area contributed by atoms with Crippen molar-refractivity contribution in [1.82, 2.24) is 15.6 Å². The highest BCUT2D eigenvalue weighted by molar-refractivity contribution is 5.99. The summed E-state index contributed by atoms with van der Waals surface area (Å²) in [4.78, 5) is 28.6. The third-order valence-electron chi connectivity index (χ3n) is 4.16. The second-order valence-electron chi connectivity index (χ2n) is 6.77. The van der Waals surface area contributed by atoms with E-state index in [0.717, 1.165) is 12.0 Å². The standard InChI is InChI=1S/C20H23N3O4/c1-13(2)5-6-22-19(24)15-8-16(11-21-10-15)20(25)23-9-14-3-4-17-18(7-14)27-12-26-17/h3-4,7-8,10-11,13H,5-6,9,12H2,1-2H3,(H,22,24)(H,23,25). The fourth-order valence-corrected chi connectivity index (χ4v) is 2.60. The van der Waals surface area contributed by atoms with Crippen LogP contribution in [0.3, 0.4) is 0 Å². The number of hydrogen-bond acceptors (Lipinski definition) is 5. The number of ether oxygens (including phenoxy) is 2. The van der Waals surface area contributed by atoms with E-state index in [2.05, 4.69) is 29.5 Å². The van der Waals surface area contributed by atoms with E-state index >= 15 is 0 Å². The van der Waals surface area contributed by atoms with E-state index in [9.17, 15) is 9.59 Å². The van der Waals surface area contributed by atoms with Gasteiger partial charge in [-0.25, -0.2) is 0 Å². The van der Waals surface area contributed by atoms with Gasteiger partial charge in [0.15, 0.2) is 11.5 Å². The van der Waals surface area contributed by atoms with Crippen molar-refractivity contribution in [2.75, 3.05) is 13.3 Å². The van der Waals surface area contributed by atoms with Crippen LogP contribution in [0.4, 0.5) is 0 Å². The summed E-state index contributed by atoms with van der Waals surface area (Å²) in [6.07, 6.45) is 3.80. The molecule has 0 atom stereocenters. The van der Waals surface area contributed by atoms with Gasteiger partial charge in [0.25, 0.3) is 11.8 Å². The van der Waals surface area contributed by atoms with Crippen LogP contribution < -0.4 is 20.1 Å². The molecule has 0 unspecified atom stereocenters. The Morgan fingerprint density at radius 3 is 2.48 bits per heavy atom. The van der Waals surface area contributed by atoms with Crippen molar-refractivity contribution in [2.24, 2.45) is 5.92 Å². The number of pyridine rings is 1. The molecule has 142 valence electrons. The number of nitrogens with zero attached hydrogens (tertiary/aromatic N) is 1. The maximum Gasteiger partial charge on any atom is 0.253 e. The predicted octanol–water partition coefficient (Wildman–Crippen LogP) is 2.52. The average molecular weight is 369 g/mol. The summed E-state index contributed by atoms with van der Waals surface area (Å²) in [6, 6.07) is 7.06. The molecule has 0 radical (unpaired) electrons. The maximum atomic E-state index is 12.4. The smallest absolute Gasteiger partial charge is 0.253 e. The zero-order valence-corrected chi connectivity index (χ0v) is 15.5. The molecule has 0 bridgehead atoms.